The molecule has 3 unspecified atom stereocenters. The molecular formula is C89H89N17O6S2. The number of hydrogen-bond acceptors (Lipinski definition) is 19. The lowest BCUT2D eigenvalue weighted by atomic mass is 9.79. The fraction of sp³-hybridized carbons (Fsp3) is 0.348. The SMILES string of the molecule is C[C@@H]1CNc2c(sc3ccc4nc(-c5ccc(N6CCC(CN7CCC(c8cccc9c(N%10CCC(=O)NC%10=O)cncc89)CC7C7CN(c8cccc9c(N%10CCC(=O)NC%10=O)cncc89)CCN7CC7CCN(c8cccc(-c9ccc%10c(ccc%11sc%12c(c%11%10)NC[C@@H](C)NC%12=O)n9)c8)CC7)CC6)cc5)ccc4c23)C(=O)N1. The molecule has 0 saturated carbocycles. The predicted octanol–water partition coefficient (Wildman–Crippen LogP) is 14.2. The third-order valence-corrected chi connectivity index (χ3v) is 27.7. The average molecular weight is 1560 g/mol. The lowest BCUT2D eigenvalue weighted by Crippen LogP contribution is -2.64. The minimum Gasteiger partial charge on any atom is -0.381 e. The van der Waals surface area contributed by atoms with Crippen LogP contribution in [-0.2, 0) is 9.59 Å². The van der Waals surface area contributed by atoms with Crippen LogP contribution in [0.2, 0.25) is 0 Å². The fourth-order valence-electron chi connectivity index (χ4n) is 19.5. The van der Waals surface area contributed by atoms with Crippen LogP contribution in [0.15, 0.2) is 158 Å². The molecule has 5 atom stereocenters. The zero-order valence-electron chi connectivity index (χ0n) is 63.8. The number of fused-ring (bicyclic) bond motifs is 12. The average Bonchev–Trinajstić information content (AvgIpc) is 1.51. The monoisotopic (exact) mass is 1560 g/mol. The van der Waals surface area contributed by atoms with Gasteiger partial charge in [-0.2, -0.15) is 0 Å². The quantitative estimate of drug-likeness (QED) is 0.0628. The molecule has 578 valence electrons. The highest BCUT2D eigenvalue weighted by atomic mass is 32.1. The molecule has 6 aromatic heterocycles. The highest BCUT2D eigenvalue weighted by Gasteiger charge is 2.44. The molecule has 8 aliphatic rings. The summed E-state index contributed by atoms with van der Waals surface area (Å²) in [7, 11) is 0. The number of amides is 8. The van der Waals surface area contributed by atoms with Crippen LogP contribution in [0.25, 0.3) is 86.0 Å². The second-order valence-corrected chi connectivity index (χ2v) is 34.5. The van der Waals surface area contributed by atoms with Crippen molar-refractivity contribution in [1.29, 1.82) is 0 Å². The van der Waals surface area contributed by atoms with E-state index in [9.17, 15) is 28.8 Å². The number of piperidine rings is 3. The van der Waals surface area contributed by atoms with Gasteiger partial charge in [-0.3, -0.25) is 59.4 Å². The van der Waals surface area contributed by atoms with Gasteiger partial charge in [0.05, 0.1) is 57.6 Å². The van der Waals surface area contributed by atoms with Crippen molar-refractivity contribution in [3.63, 3.8) is 0 Å². The standard InChI is InChI=1S/C89H89N17O6S2/c1-51-42-92-82-80-63-16-18-67(96-69(63)20-22-76(80)113-84(82)86(109)94-51)55-12-14-58(15-13-55)100-31-24-53(25-32-100)48-102-35-28-56(60-8-4-9-61-65(60)44-90-46-73(61)105-36-29-78(107)98-88(105)111)41-72(102)75-50-104(71-11-5-10-62-66(71)45-91-47-74(62)106-37-30-79(108)99-89(106)112)39-38-103(75)49-54-26-33-101(34-27-54)59-7-3-6-57(40-59)68-19-17-64-70(97-68)21-23-77-81(64)83-85(114-77)87(110)95-52(2)43-93-83/h3-23,40,44-47,51-54,56,72,75,92-93H,24-39,41-43,48-50H2,1-2H3,(H,94,109)(H,95,110)(H,98,107,111)(H,99,108,112)/t51-,52-,56?,72?,75?/m1/s1. The number of nitrogens with zero attached hydrogens (tertiary/aromatic N) is 11. The molecule has 12 aromatic rings. The van der Waals surface area contributed by atoms with Crippen LogP contribution in [-0.4, -0.2) is 181 Å². The van der Waals surface area contributed by atoms with Crippen molar-refractivity contribution < 1.29 is 28.8 Å². The zero-order chi connectivity index (χ0) is 77.0. The molecule has 6 saturated heterocycles. The van der Waals surface area contributed by atoms with Gasteiger partial charge in [0.15, 0.2) is 0 Å². The molecule has 0 spiro atoms. The summed E-state index contributed by atoms with van der Waals surface area (Å²) in [5.41, 5.74) is 13.6. The largest absolute Gasteiger partial charge is 0.381 e. The number of urea groups is 2. The van der Waals surface area contributed by atoms with Crippen LogP contribution in [0, 0.1) is 11.8 Å². The molecule has 23 nitrogen and oxygen atoms in total. The Morgan fingerprint density at radius 1 is 0.447 bits per heavy atom. The lowest BCUT2D eigenvalue weighted by Gasteiger charge is -2.53. The molecule has 114 heavy (non-hydrogen) atoms. The first-order valence-electron chi connectivity index (χ1n) is 40.4. The van der Waals surface area contributed by atoms with Gasteiger partial charge < -0.3 is 36.0 Å². The van der Waals surface area contributed by atoms with Crippen LogP contribution >= 0.6 is 22.7 Å². The van der Waals surface area contributed by atoms with E-state index in [1.807, 2.05) is 26.2 Å². The van der Waals surface area contributed by atoms with Gasteiger partial charge in [0.1, 0.15) is 9.75 Å². The lowest BCUT2D eigenvalue weighted by molar-refractivity contribution is -0.121. The summed E-state index contributed by atoms with van der Waals surface area (Å²) in [6.07, 6.45) is 13.9. The molecule has 0 bridgehead atoms. The minimum absolute atomic E-state index is 0.0206. The van der Waals surface area contributed by atoms with Crippen molar-refractivity contribution in [3.8, 4) is 22.5 Å². The maximum absolute atomic E-state index is 13.5. The summed E-state index contributed by atoms with van der Waals surface area (Å²) >= 11 is 3.05. The number of benzene rings is 6. The Kier molecular flexibility index (Phi) is 18.6. The number of anilines is 7. The maximum Gasteiger partial charge on any atom is 0.328 e. The number of rotatable bonds is 13. The second kappa shape index (κ2) is 29.5. The molecule has 0 aliphatic carbocycles. The number of carbonyl (C=O) groups excluding carboxylic acids is 6. The van der Waals surface area contributed by atoms with Crippen molar-refractivity contribution in [3.05, 3.63) is 174 Å². The third-order valence-electron chi connectivity index (χ3n) is 25.4. The van der Waals surface area contributed by atoms with Gasteiger partial charge in [-0.15, -0.1) is 22.7 Å². The van der Waals surface area contributed by atoms with E-state index >= 15 is 0 Å². The highest BCUT2D eigenvalue weighted by molar-refractivity contribution is 7.22. The van der Waals surface area contributed by atoms with Crippen LogP contribution in [0.5, 0.6) is 0 Å². The Bertz CT molecular complexity index is 5900. The summed E-state index contributed by atoms with van der Waals surface area (Å²) < 4.78 is 2.13. The number of thiophene rings is 2. The molecule has 6 fully saturated rings. The smallest absolute Gasteiger partial charge is 0.328 e. The normalized spacial score (nSPS) is 21.9. The molecule has 0 radical (unpaired) electrons. The van der Waals surface area contributed by atoms with Gasteiger partial charge in [0, 0.05) is 215 Å². The Hall–Kier alpha value is -11.4. The van der Waals surface area contributed by atoms with Crippen LogP contribution in [0.1, 0.15) is 96.0 Å². The number of likely N-dealkylation sites (tertiary alicyclic amines) is 1. The number of nitrogens with one attached hydrogen (secondary N) is 6. The Morgan fingerprint density at radius 2 is 0.991 bits per heavy atom. The van der Waals surface area contributed by atoms with E-state index in [-0.39, 0.29) is 79.6 Å². The molecule has 8 amide bonds. The molecule has 14 heterocycles. The Morgan fingerprint density at radius 3 is 1.59 bits per heavy atom. The molecule has 8 aliphatic heterocycles. The first kappa shape index (κ1) is 71.6. The number of aromatic nitrogens is 4. The first-order valence-corrected chi connectivity index (χ1v) is 42.1. The number of pyridine rings is 4. The molecular weight excluding hydrogens is 1470 g/mol. The van der Waals surface area contributed by atoms with Gasteiger partial charge in [0.25, 0.3) is 11.8 Å². The van der Waals surface area contributed by atoms with Gasteiger partial charge >= 0.3 is 12.1 Å². The summed E-state index contributed by atoms with van der Waals surface area (Å²) in [6, 6.07) is 47.0. The fourth-order valence-corrected chi connectivity index (χ4v) is 21.7. The van der Waals surface area contributed by atoms with Crippen molar-refractivity contribution in [2.45, 2.75) is 95.3 Å². The minimum atomic E-state index is -0.437. The van der Waals surface area contributed by atoms with E-state index < -0.39 is 12.1 Å². The van der Waals surface area contributed by atoms with Crippen LogP contribution in [0.3, 0.4) is 0 Å². The van der Waals surface area contributed by atoms with E-state index in [0.717, 1.165) is 207 Å². The summed E-state index contributed by atoms with van der Waals surface area (Å²) in [5.74, 6) is 0.450. The van der Waals surface area contributed by atoms with Crippen molar-refractivity contribution in [2.24, 2.45) is 11.8 Å². The number of carbonyl (C=O) groups is 6. The highest BCUT2D eigenvalue weighted by Crippen LogP contribution is 2.47. The second-order valence-electron chi connectivity index (χ2n) is 32.4. The number of piperazine rings is 1. The summed E-state index contributed by atoms with van der Waals surface area (Å²) in [5, 5.41) is 26.5. The molecule has 25 heteroatoms. The summed E-state index contributed by atoms with van der Waals surface area (Å²) in [6.45, 7) is 14.9. The molecule has 6 aromatic carbocycles. The van der Waals surface area contributed by atoms with E-state index in [2.05, 4.69) is 190 Å². The van der Waals surface area contributed by atoms with Crippen molar-refractivity contribution >= 4 is 162 Å². The van der Waals surface area contributed by atoms with Crippen LogP contribution < -0.4 is 56.4 Å². The van der Waals surface area contributed by atoms with Crippen LogP contribution in [0.4, 0.5) is 49.4 Å². The maximum atomic E-state index is 13.5. The third kappa shape index (κ3) is 13.2. The van der Waals surface area contributed by atoms with E-state index in [1.165, 1.54) is 39.6 Å². The molecule has 20 rings (SSSR count). The first-order chi connectivity index (χ1) is 55.7. The predicted molar refractivity (Wildman–Crippen MR) is 455 cm³/mol. The van der Waals surface area contributed by atoms with Crippen molar-refractivity contribution in [2.75, 3.05) is 127 Å². The molecule has 6 N–H and O–H groups in total. The number of imide groups is 2. The summed E-state index contributed by atoms with van der Waals surface area (Å²) in [4.78, 5) is 117. The van der Waals surface area contributed by atoms with E-state index in [4.69, 9.17) is 19.9 Å². The van der Waals surface area contributed by atoms with Gasteiger partial charge in [-0.25, -0.2) is 19.6 Å². The van der Waals surface area contributed by atoms with Gasteiger partial charge in [-0.1, -0.05) is 54.6 Å². The number of hydrogen-bond donors (Lipinski definition) is 6. The topological polar surface area (TPSA) is 249 Å². The van der Waals surface area contributed by atoms with E-state index in [1.54, 1.807) is 22.2 Å². The Labute approximate surface area is 667 Å². The van der Waals surface area contributed by atoms with Gasteiger partial charge in [-0.05, 0) is 161 Å². The van der Waals surface area contributed by atoms with Gasteiger partial charge in [0.2, 0.25) is 11.8 Å². The van der Waals surface area contributed by atoms with Crippen molar-refractivity contribution in [1.82, 2.24) is 51.0 Å². The Balaban J connectivity index is 0.590. The zero-order valence-corrected chi connectivity index (χ0v) is 65.4. The van der Waals surface area contributed by atoms with E-state index in [0.29, 0.717) is 46.1 Å².